The fraction of sp³-hybridized carbons (Fsp3) is 0.0909. The first-order chi connectivity index (χ1) is 13.6. The van der Waals surface area contributed by atoms with Gasteiger partial charge in [-0.3, -0.25) is 4.79 Å². The van der Waals surface area contributed by atoms with E-state index in [0.717, 1.165) is 15.5 Å². The molecule has 2 aromatic heterocycles. The van der Waals surface area contributed by atoms with E-state index in [-0.39, 0.29) is 5.91 Å². The first-order valence-corrected chi connectivity index (χ1v) is 9.65. The van der Waals surface area contributed by atoms with Crippen LogP contribution in [0.2, 0.25) is 0 Å². The highest BCUT2D eigenvalue weighted by atomic mass is 32.2. The molecule has 0 fully saturated rings. The lowest BCUT2D eigenvalue weighted by Crippen LogP contribution is -2.13. The third kappa shape index (κ3) is 4.02. The molecular weight excluding hydrogens is 368 g/mol. The van der Waals surface area contributed by atoms with Crippen molar-refractivity contribution in [2.45, 2.75) is 23.8 Å². The quantitative estimate of drug-likeness (QED) is 0.532. The number of aryl methyl sites for hydroxylation is 2. The molecule has 138 valence electrons. The van der Waals surface area contributed by atoms with Crippen molar-refractivity contribution >= 4 is 34.5 Å². The Kier molecular flexibility index (Phi) is 5.04. The van der Waals surface area contributed by atoms with Gasteiger partial charge in [-0.05, 0) is 44.2 Å². The van der Waals surface area contributed by atoms with Crippen molar-refractivity contribution in [3.8, 4) is 0 Å². The van der Waals surface area contributed by atoms with E-state index in [1.165, 1.54) is 11.8 Å². The Morgan fingerprint density at radius 3 is 2.46 bits per heavy atom. The molecule has 4 rings (SSSR count). The molecule has 0 radical (unpaired) electrons. The van der Waals surface area contributed by atoms with Crippen molar-refractivity contribution < 1.29 is 4.79 Å². The Bertz CT molecular complexity index is 1140. The summed E-state index contributed by atoms with van der Waals surface area (Å²) in [5, 5.41) is 3.70. The SMILES string of the molecule is Cc1ccc(C(=O)Nc2cc3ncc(Sc4ccccc4)nc3nc2C)cc1. The number of benzene rings is 2. The number of rotatable bonds is 4. The molecular formula is C22H18N4OS. The molecule has 0 aliphatic carbocycles. The van der Waals surface area contributed by atoms with Crippen LogP contribution in [0.3, 0.4) is 0 Å². The van der Waals surface area contributed by atoms with E-state index in [9.17, 15) is 4.79 Å². The van der Waals surface area contributed by atoms with Crippen LogP contribution in [0.4, 0.5) is 5.69 Å². The zero-order valence-corrected chi connectivity index (χ0v) is 16.3. The second kappa shape index (κ2) is 7.78. The molecule has 0 saturated carbocycles. The molecule has 0 saturated heterocycles. The highest BCUT2D eigenvalue weighted by molar-refractivity contribution is 7.99. The van der Waals surface area contributed by atoms with Crippen LogP contribution in [-0.2, 0) is 0 Å². The minimum absolute atomic E-state index is 0.173. The Morgan fingerprint density at radius 1 is 0.964 bits per heavy atom. The second-order valence-electron chi connectivity index (χ2n) is 6.41. The predicted octanol–water partition coefficient (Wildman–Crippen LogP) is 5.05. The van der Waals surface area contributed by atoms with Crippen molar-refractivity contribution in [3.05, 3.63) is 83.7 Å². The van der Waals surface area contributed by atoms with Crippen molar-refractivity contribution in [2.24, 2.45) is 0 Å². The molecule has 1 N–H and O–H groups in total. The summed E-state index contributed by atoms with van der Waals surface area (Å²) in [6, 6.07) is 19.3. The second-order valence-corrected chi connectivity index (χ2v) is 7.50. The van der Waals surface area contributed by atoms with Gasteiger partial charge >= 0.3 is 0 Å². The summed E-state index contributed by atoms with van der Waals surface area (Å²) in [5.41, 5.74) is 4.25. The number of pyridine rings is 1. The van der Waals surface area contributed by atoms with Crippen molar-refractivity contribution in [3.63, 3.8) is 0 Å². The van der Waals surface area contributed by atoms with E-state index >= 15 is 0 Å². The molecule has 2 aromatic carbocycles. The normalized spacial score (nSPS) is 10.8. The van der Waals surface area contributed by atoms with Crippen molar-refractivity contribution in [2.75, 3.05) is 5.32 Å². The van der Waals surface area contributed by atoms with Crippen molar-refractivity contribution in [1.29, 1.82) is 0 Å². The van der Waals surface area contributed by atoms with Gasteiger partial charge in [0.1, 0.15) is 10.5 Å². The fourth-order valence-electron chi connectivity index (χ4n) is 2.70. The molecule has 0 unspecified atom stereocenters. The maximum atomic E-state index is 12.5. The van der Waals surface area contributed by atoms with Gasteiger partial charge in [-0.1, -0.05) is 47.7 Å². The summed E-state index contributed by atoms with van der Waals surface area (Å²) in [5.74, 6) is -0.173. The molecule has 0 atom stereocenters. The third-order valence-electron chi connectivity index (χ3n) is 4.23. The molecule has 1 amide bonds. The average Bonchev–Trinajstić information content (AvgIpc) is 2.70. The summed E-state index contributed by atoms with van der Waals surface area (Å²) in [4.78, 5) is 27.2. The molecule has 6 heteroatoms. The first-order valence-electron chi connectivity index (χ1n) is 8.84. The van der Waals surface area contributed by atoms with Gasteiger partial charge in [-0.25, -0.2) is 15.0 Å². The number of carbonyl (C=O) groups excluding carboxylic acids is 1. The van der Waals surface area contributed by atoms with Gasteiger partial charge in [0.05, 0.1) is 17.6 Å². The lowest BCUT2D eigenvalue weighted by Gasteiger charge is -2.10. The Balaban J connectivity index is 1.59. The Labute approximate surface area is 167 Å². The summed E-state index contributed by atoms with van der Waals surface area (Å²) in [6.45, 7) is 3.84. The summed E-state index contributed by atoms with van der Waals surface area (Å²) in [7, 11) is 0. The van der Waals surface area contributed by atoms with Gasteiger partial charge in [0.15, 0.2) is 5.65 Å². The number of hydrogen-bond acceptors (Lipinski definition) is 5. The predicted molar refractivity (Wildman–Crippen MR) is 112 cm³/mol. The molecule has 28 heavy (non-hydrogen) atoms. The summed E-state index contributed by atoms with van der Waals surface area (Å²) in [6.07, 6.45) is 1.72. The number of fused-ring (bicyclic) bond motifs is 1. The largest absolute Gasteiger partial charge is 0.320 e. The molecule has 0 bridgehead atoms. The van der Waals surface area contributed by atoms with Crippen LogP contribution in [0.5, 0.6) is 0 Å². The number of aromatic nitrogens is 3. The standard InChI is InChI=1S/C22H18N4OS/c1-14-8-10-16(11-9-14)22(27)25-18-12-19-21(24-15(18)2)26-20(13-23-19)28-17-6-4-3-5-7-17/h3-13H,1-2H3,(H,25,27). The summed E-state index contributed by atoms with van der Waals surface area (Å²) >= 11 is 1.54. The zero-order valence-electron chi connectivity index (χ0n) is 15.5. The van der Waals surface area contributed by atoms with Crippen LogP contribution < -0.4 is 5.32 Å². The minimum atomic E-state index is -0.173. The number of nitrogens with zero attached hydrogens (tertiary/aromatic N) is 3. The number of anilines is 1. The van der Waals surface area contributed by atoms with Gasteiger partial charge in [0, 0.05) is 10.5 Å². The van der Waals surface area contributed by atoms with E-state index in [0.29, 0.717) is 28.1 Å². The third-order valence-corrected chi connectivity index (χ3v) is 5.15. The smallest absolute Gasteiger partial charge is 0.255 e. The average molecular weight is 386 g/mol. The number of nitrogens with one attached hydrogen (secondary N) is 1. The van der Waals surface area contributed by atoms with Crippen LogP contribution >= 0.6 is 11.8 Å². The van der Waals surface area contributed by atoms with Gasteiger partial charge < -0.3 is 5.32 Å². The monoisotopic (exact) mass is 386 g/mol. The van der Waals surface area contributed by atoms with Crippen LogP contribution in [-0.4, -0.2) is 20.9 Å². The molecule has 0 aliphatic rings. The minimum Gasteiger partial charge on any atom is -0.320 e. The lowest BCUT2D eigenvalue weighted by molar-refractivity contribution is 0.102. The lowest BCUT2D eigenvalue weighted by atomic mass is 10.1. The fourth-order valence-corrected chi connectivity index (χ4v) is 3.47. The Hall–Kier alpha value is -3.25. The van der Waals surface area contributed by atoms with Crippen molar-refractivity contribution in [1.82, 2.24) is 15.0 Å². The molecule has 4 aromatic rings. The van der Waals surface area contributed by atoms with Crippen LogP contribution in [0.1, 0.15) is 21.6 Å². The first kappa shape index (κ1) is 18.1. The van der Waals surface area contributed by atoms with E-state index in [4.69, 9.17) is 0 Å². The topological polar surface area (TPSA) is 67.8 Å². The zero-order chi connectivity index (χ0) is 19.5. The number of hydrogen-bond donors (Lipinski definition) is 1. The molecule has 0 spiro atoms. The summed E-state index contributed by atoms with van der Waals surface area (Å²) < 4.78 is 0. The Morgan fingerprint density at radius 2 is 1.71 bits per heavy atom. The van der Waals surface area contributed by atoms with Gasteiger partial charge in [0.2, 0.25) is 0 Å². The van der Waals surface area contributed by atoms with Gasteiger partial charge in [-0.15, -0.1) is 0 Å². The van der Waals surface area contributed by atoms with Gasteiger partial charge in [-0.2, -0.15) is 0 Å². The maximum absolute atomic E-state index is 12.5. The molecule has 0 aliphatic heterocycles. The number of amides is 1. The molecule has 2 heterocycles. The van der Waals surface area contributed by atoms with Gasteiger partial charge in [0.25, 0.3) is 5.91 Å². The highest BCUT2D eigenvalue weighted by Crippen LogP contribution is 2.27. The van der Waals surface area contributed by atoms with E-state index in [2.05, 4.69) is 20.3 Å². The number of carbonyl (C=O) groups is 1. The van der Waals surface area contributed by atoms with E-state index in [1.807, 2.05) is 62.4 Å². The van der Waals surface area contributed by atoms with Crippen LogP contribution in [0.25, 0.3) is 11.2 Å². The van der Waals surface area contributed by atoms with E-state index < -0.39 is 0 Å². The maximum Gasteiger partial charge on any atom is 0.255 e. The van der Waals surface area contributed by atoms with Crippen LogP contribution in [0, 0.1) is 13.8 Å². The highest BCUT2D eigenvalue weighted by Gasteiger charge is 2.11. The van der Waals surface area contributed by atoms with E-state index in [1.54, 1.807) is 18.3 Å². The molecule has 5 nitrogen and oxygen atoms in total. The van der Waals surface area contributed by atoms with Crippen LogP contribution in [0.15, 0.2) is 76.8 Å².